The van der Waals surface area contributed by atoms with Crippen LogP contribution in [0.5, 0.6) is 0 Å². The van der Waals surface area contributed by atoms with Gasteiger partial charge in [-0.1, -0.05) is 0 Å². The van der Waals surface area contributed by atoms with Gasteiger partial charge in [0.05, 0.1) is 11.1 Å². The lowest BCUT2D eigenvalue weighted by Gasteiger charge is -2.26. The van der Waals surface area contributed by atoms with Crippen molar-refractivity contribution in [1.82, 2.24) is 0 Å². The lowest BCUT2D eigenvalue weighted by Crippen LogP contribution is -2.50. The summed E-state index contributed by atoms with van der Waals surface area (Å²) in [5.41, 5.74) is -4.57. The first-order valence-electron chi connectivity index (χ1n) is 7.42. The Kier molecular flexibility index (Phi) is 5.66. The number of hydrogen-bond acceptors (Lipinski definition) is 1. The maximum absolute atomic E-state index is 13.9. The third-order valence-corrected chi connectivity index (χ3v) is 4.72. The summed E-state index contributed by atoms with van der Waals surface area (Å²) in [6.45, 7) is 0. The second kappa shape index (κ2) is 6.76. The first-order valence-corrected chi connectivity index (χ1v) is 8.49. The summed E-state index contributed by atoms with van der Waals surface area (Å²) in [6, 6.07) is 0. The minimum Gasteiger partial charge on any atom is -0.452 e. The average molecular weight is 491 g/mol. The molecular weight excluding hydrogens is 483 g/mol. The van der Waals surface area contributed by atoms with E-state index in [1.165, 1.54) is 0 Å². The molecule has 168 valence electrons. The number of halogens is 14. The van der Waals surface area contributed by atoms with Gasteiger partial charge in [-0.2, -0.15) is 52.7 Å². The zero-order chi connectivity index (χ0) is 22.8. The second-order valence-electron chi connectivity index (χ2n) is 6.04. The standard InChI is InChI=1S/C14H8Cl2F12O/c15-3-1-5-7(11(21,22)13(25,26)9(5,17)18)29-8-6(2-4-16)10(19,20)14(27,28)12(8,23)24/h1-4H2. The largest absolute Gasteiger partial charge is 0.452 e. The number of allylic oxidation sites excluding steroid dienone is 4. The van der Waals surface area contributed by atoms with Crippen LogP contribution in [0.2, 0.25) is 0 Å². The summed E-state index contributed by atoms with van der Waals surface area (Å²) in [4.78, 5) is 0. The van der Waals surface area contributed by atoms with E-state index in [1.807, 2.05) is 0 Å². The lowest BCUT2D eigenvalue weighted by molar-refractivity contribution is -0.279. The van der Waals surface area contributed by atoms with Gasteiger partial charge in [0.2, 0.25) is 0 Å². The number of hydrogen-bond donors (Lipinski definition) is 0. The molecule has 0 heterocycles. The van der Waals surface area contributed by atoms with E-state index in [9.17, 15) is 52.7 Å². The third kappa shape index (κ3) is 2.85. The molecule has 0 fully saturated rings. The van der Waals surface area contributed by atoms with Gasteiger partial charge in [0.15, 0.2) is 11.5 Å². The van der Waals surface area contributed by atoms with Crippen molar-refractivity contribution in [3.8, 4) is 0 Å². The van der Waals surface area contributed by atoms with Crippen molar-refractivity contribution in [1.29, 1.82) is 0 Å². The van der Waals surface area contributed by atoms with E-state index in [-0.39, 0.29) is 0 Å². The zero-order valence-electron chi connectivity index (χ0n) is 13.5. The van der Waals surface area contributed by atoms with Gasteiger partial charge in [-0.25, -0.2) is 0 Å². The molecule has 0 aromatic heterocycles. The zero-order valence-corrected chi connectivity index (χ0v) is 15.0. The second-order valence-corrected chi connectivity index (χ2v) is 6.80. The predicted octanol–water partition coefficient (Wildman–Crippen LogP) is 6.61. The summed E-state index contributed by atoms with van der Waals surface area (Å²) in [6.07, 6.45) is -2.93. The van der Waals surface area contributed by atoms with E-state index in [0.717, 1.165) is 0 Å². The van der Waals surface area contributed by atoms with Gasteiger partial charge in [0, 0.05) is 11.8 Å². The first kappa shape index (κ1) is 24.3. The molecule has 0 saturated heterocycles. The summed E-state index contributed by atoms with van der Waals surface area (Å²) >= 11 is 10.1. The number of alkyl halides is 14. The predicted molar refractivity (Wildman–Crippen MR) is 75.5 cm³/mol. The molecule has 0 aromatic rings. The molecule has 0 atom stereocenters. The van der Waals surface area contributed by atoms with Crippen LogP contribution in [0.3, 0.4) is 0 Å². The van der Waals surface area contributed by atoms with E-state index in [1.54, 1.807) is 0 Å². The number of ether oxygens (including phenoxy) is 1. The fraction of sp³-hybridized carbons (Fsp3) is 0.714. The van der Waals surface area contributed by atoms with Crippen LogP contribution in [0.1, 0.15) is 12.8 Å². The van der Waals surface area contributed by atoms with Gasteiger partial charge in [-0.3, -0.25) is 0 Å². The Morgan fingerprint density at radius 1 is 0.517 bits per heavy atom. The van der Waals surface area contributed by atoms with Crippen molar-refractivity contribution in [2.75, 3.05) is 11.8 Å². The van der Waals surface area contributed by atoms with E-state index in [2.05, 4.69) is 4.74 Å². The van der Waals surface area contributed by atoms with Crippen LogP contribution in [0.15, 0.2) is 22.7 Å². The van der Waals surface area contributed by atoms with Crippen LogP contribution < -0.4 is 0 Å². The topological polar surface area (TPSA) is 9.23 Å². The van der Waals surface area contributed by atoms with Crippen LogP contribution >= 0.6 is 23.2 Å². The summed E-state index contributed by atoms with van der Waals surface area (Å²) in [5, 5.41) is 0. The van der Waals surface area contributed by atoms with Gasteiger partial charge in [-0.05, 0) is 12.8 Å². The molecular formula is C14H8Cl2F12O. The van der Waals surface area contributed by atoms with Gasteiger partial charge < -0.3 is 4.74 Å². The van der Waals surface area contributed by atoms with Crippen LogP contribution in [0.4, 0.5) is 52.7 Å². The molecule has 2 aliphatic rings. The highest BCUT2D eigenvalue weighted by Gasteiger charge is 2.84. The quantitative estimate of drug-likeness (QED) is 0.301. The minimum absolute atomic E-state index is 1.01. The summed E-state index contributed by atoms with van der Waals surface area (Å²) in [5.74, 6) is -43.6. The van der Waals surface area contributed by atoms with Crippen molar-refractivity contribution >= 4 is 23.2 Å². The minimum atomic E-state index is -6.23. The van der Waals surface area contributed by atoms with E-state index < -0.39 is 82.8 Å². The monoisotopic (exact) mass is 490 g/mol. The molecule has 0 radical (unpaired) electrons. The molecule has 15 heteroatoms. The molecule has 0 unspecified atom stereocenters. The molecule has 0 amide bonds. The van der Waals surface area contributed by atoms with E-state index >= 15 is 0 Å². The molecule has 2 rings (SSSR count). The van der Waals surface area contributed by atoms with Crippen LogP contribution in [0, 0.1) is 0 Å². The summed E-state index contributed by atoms with van der Waals surface area (Å²) in [7, 11) is 0. The Labute approximate surface area is 164 Å². The lowest BCUT2D eigenvalue weighted by atomic mass is 10.1. The SMILES string of the molecule is FC1(F)C(CCCl)=C(OC2=C(CCCl)C(F)(F)C(F)(F)C2(F)F)C(F)(F)C1(F)F. The molecule has 0 saturated carbocycles. The van der Waals surface area contributed by atoms with Gasteiger partial charge in [0.1, 0.15) is 0 Å². The Morgan fingerprint density at radius 2 is 0.793 bits per heavy atom. The molecule has 0 aromatic carbocycles. The van der Waals surface area contributed by atoms with Gasteiger partial charge >= 0.3 is 35.5 Å². The molecule has 2 aliphatic carbocycles. The molecule has 0 aliphatic heterocycles. The fourth-order valence-electron chi connectivity index (χ4n) is 2.81. The Bertz CT molecular complexity index is 694. The number of rotatable bonds is 6. The van der Waals surface area contributed by atoms with Crippen LogP contribution in [-0.2, 0) is 4.74 Å². The van der Waals surface area contributed by atoms with Gasteiger partial charge in [-0.15, -0.1) is 23.2 Å². The van der Waals surface area contributed by atoms with Crippen LogP contribution in [0.25, 0.3) is 0 Å². The molecule has 0 N–H and O–H groups in total. The van der Waals surface area contributed by atoms with Crippen molar-refractivity contribution in [3.63, 3.8) is 0 Å². The molecule has 0 spiro atoms. The Balaban J connectivity index is 2.76. The smallest absolute Gasteiger partial charge is 0.383 e. The highest BCUT2D eigenvalue weighted by molar-refractivity contribution is 6.18. The van der Waals surface area contributed by atoms with Crippen molar-refractivity contribution in [2.24, 2.45) is 0 Å². The summed E-state index contributed by atoms with van der Waals surface area (Å²) < 4.78 is 169. The van der Waals surface area contributed by atoms with E-state index in [0.29, 0.717) is 0 Å². The maximum atomic E-state index is 13.9. The third-order valence-electron chi connectivity index (χ3n) is 4.35. The van der Waals surface area contributed by atoms with Crippen molar-refractivity contribution in [2.45, 2.75) is 48.4 Å². The van der Waals surface area contributed by atoms with Crippen molar-refractivity contribution in [3.05, 3.63) is 22.7 Å². The van der Waals surface area contributed by atoms with E-state index in [4.69, 9.17) is 23.2 Å². The van der Waals surface area contributed by atoms with Crippen LogP contribution in [-0.4, -0.2) is 47.3 Å². The molecule has 29 heavy (non-hydrogen) atoms. The average Bonchev–Trinajstić information content (AvgIpc) is 2.72. The Hall–Kier alpha value is -0.980. The highest BCUT2D eigenvalue weighted by atomic mass is 35.5. The van der Waals surface area contributed by atoms with Gasteiger partial charge in [0.25, 0.3) is 0 Å². The molecule has 0 bridgehead atoms. The first-order chi connectivity index (χ1) is 12.9. The normalized spacial score (nSPS) is 28.2. The fourth-order valence-corrected chi connectivity index (χ4v) is 3.18. The highest BCUT2D eigenvalue weighted by Crippen LogP contribution is 2.64. The Morgan fingerprint density at radius 3 is 1.03 bits per heavy atom. The molecule has 1 nitrogen and oxygen atoms in total. The maximum Gasteiger partial charge on any atom is 0.383 e. The van der Waals surface area contributed by atoms with Crippen molar-refractivity contribution < 1.29 is 57.4 Å².